The summed E-state index contributed by atoms with van der Waals surface area (Å²) in [5.41, 5.74) is -0.717. The van der Waals surface area contributed by atoms with E-state index >= 15 is 0 Å². The molecule has 1 aromatic carbocycles. The van der Waals surface area contributed by atoms with Gasteiger partial charge in [0.25, 0.3) is 5.91 Å². The standard InChI is InChI=1S/C16H18F2N4O2S/c1-4-11-21-22-16(25-11)20-15(24)13(8(2)3)19-14(23)12-9(17)6-5-7-10(12)18/h5-8,13H,4H2,1-3H3,(H,19,23)(H,20,22,24)/t13-/m0/s1. The van der Waals surface area contributed by atoms with Gasteiger partial charge in [0, 0.05) is 0 Å². The van der Waals surface area contributed by atoms with E-state index in [4.69, 9.17) is 0 Å². The lowest BCUT2D eigenvalue weighted by Gasteiger charge is -2.21. The zero-order chi connectivity index (χ0) is 18.6. The van der Waals surface area contributed by atoms with Gasteiger partial charge in [-0.3, -0.25) is 14.9 Å². The number of aromatic nitrogens is 2. The number of hydrogen-bond acceptors (Lipinski definition) is 5. The van der Waals surface area contributed by atoms with E-state index < -0.39 is 35.1 Å². The molecule has 0 aliphatic carbocycles. The molecule has 6 nitrogen and oxygen atoms in total. The fourth-order valence-electron chi connectivity index (χ4n) is 2.09. The first-order valence-corrected chi connectivity index (χ1v) is 8.53. The fraction of sp³-hybridized carbons (Fsp3) is 0.375. The van der Waals surface area contributed by atoms with Crippen LogP contribution < -0.4 is 10.6 Å². The van der Waals surface area contributed by atoms with Gasteiger partial charge in [0.15, 0.2) is 0 Å². The average Bonchev–Trinajstić information content (AvgIpc) is 2.99. The minimum absolute atomic E-state index is 0.304. The van der Waals surface area contributed by atoms with Gasteiger partial charge in [0.2, 0.25) is 11.0 Å². The second-order valence-corrected chi connectivity index (χ2v) is 6.70. The van der Waals surface area contributed by atoms with Crippen LogP contribution in [0.15, 0.2) is 18.2 Å². The van der Waals surface area contributed by atoms with Crippen LogP contribution in [-0.2, 0) is 11.2 Å². The SMILES string of the molecule is CCc1nnc(NC(=O)[C@@H](NC(=O)c2c(F)cccc2F)C(C)C)s1. The van der Waals surface area contributed by atoms with Gasteiger partial charge < -0.3 is 5.32 Å². The Kier molecular flexibility index (Phi) is 6.13. The van der Waals surface area contributed by atoms with Gasteiger partial charge in [-0.25, -0.2) is 8.78 Å². The number of benzene rings is 1. The summed E-state index contributed by atoms with van der Waals surface area (Å²) in [6.07, 6.45) is 0.685. The second-order valence-electron chi connectivity index (χ2n) is 5.64. The van der Waals surface area contributed by atoms with Crippen molar-refractivity contribution < 1.29 is 18.4 Å². The molecular weight excluding hydrogens is 350 g/mol. The lowest BCUT2D eigenvalue weighted by atomic mass is 10.0. The van der Waals surface area contributed by atoms with Gasteiger partial charge in [-0.05, 0) is 24.5 Å². The largest absolute Gasteiger partial charge is 0.340 e. The molecular formula is C16H18F2N4O2S. The Morgan fingerprint density at radius 1 is 1.20 bits per heavy atom. The predicted molar refractivity (Wildman–Crippen MR) is 90.4 cm³/mol. The monoisotopic (exact) mass is 368 g/mol. The predicted octanol–water partition coefficient (Wildman–Crippen LogP) is 2.77. The molecule has 1 aromatic heterocycles. The zero-order valence-electron chi connectivity index (χ0n) is 14.0. The van der Waals surface area contributed by atoms with Crippen LogP contribution in [-0.4, -0.2) is 28.1 Å². The van der Waals surface area contributed by atoms with Crippen LogP contribution in [0.5, 0.6) is 0 Å². The number of aryl methyl sites for hydroxylation is 1. The molecule has 0 saturated carbocycles. The second kappa shape index (κ2) is 8.11. The third-order valence-electron chi connectivity index (χ3n) is 3.42. The zero-order valence-corrected chi connectivity index (χ0v) is 14.8. The molecule has 0 bridgehead atoms. The molecule has 0 unspecified atom stereocenters. The van der Waals surface area contributed by atoms with Crippen LogP contribution in [0.2, 0.25) is 0 Å². The van der Waals surface area contributed by atoms with Crippen LogP contribution in [0.4, 0.5) is 13.9 Å². The van der Waals surface area contributed by atoms with Gasteiger partial charge in [-0.1, -0.05) is 38.2 Å². The van der Waals surface area contributed by atoms with Crippen molar-refractivity contribution in [1.29, 1.82) is 0 Å². The molecule has 134 valence electrons. The molecule has 0 aliphatic rings. The number of halogens is 2. The van der Waals surface area contributed by atoms with Gasteiger partial charge in [-0.2, -0.15) is 0 Å². The highest BCUT2D eigenvalue weighted by molar-refractivity contribution is 7.15. The highest BCUT2D eigenvalue weighted by Gasteiger charge is 2.28. The number of hydrogen-bond donors (Lipinski definition) is 2. The Labute approximate surface area is 147 Å². The van der Waals surface area contributed by atoms with Crippen molar-refractivity contribution in [3.63, 3.8) is 0 Å². The average molecular weight is 368 g/mol. The number of amides is 2. The minimum atomic E-state index is -0.990. The van der Waals surface area contributed by atoms with Crippen molar-refractivity contribution in [1.82, 2.24) is 15.5 Å². The summed E-state index contributed by atoms with van der Waals surface area (Å²) in [7, 11) is 0. The van der Waals surface area contributed by atoms with Crippen molar-refractivity contribution in [2.45, 2.75) is 33.2 Å². The Morgan fingerprint density at radius 3 is 2.36 bits per heavy atom. The molecule has 2 amide bonds. The van der Waals surface area contributed by atoms with Crippen molar-refractivity contribution in [2.24, 2.45) is 5.92 Å². The number of nitrogens with zero attached hydrogens (tertiary/aromatic N) is 2. The number of rotatable bonds is 6. The van der Waals surface area contributed by atoms with Gasteiger partial charge in [0.1, 0.15) is 28.2 Å². The summed E-state index contributed by atoms with van der Waals surface area (Å²) < 4.78 is 27.4. The van der Waals surface area contributed by atoms with E-state index in [0.29, 0.717) is 11.6 Å². The van der Waals surface area contributed by atoms with Gasteiger partial charge in [0.05, 0.1) is 0 Å². The molecule has 1 heterocycles. The third kappa shape index (κ3) is 4.56. The molecule has 1 atom stereocenters. The number of nitrogens with one attached hydrogen (secondary N) is 2. The summed E-state index contributed by atoms with van der Waals surface area (Å²) in [4.78, 5) is 24.6. The third-order valence-corrected chi connectivity index (χ3v) is 4.41. The molecule has 9 heteroatoms. The number of carbonyl (C=O) groups is 2. The van der Waals surface area contributed by atoms with Crippen LogP contribution in [0, 0.1) is 17.6 Å². The first-order valence-electron chi connectivity index (χ1n) is 7.71. The van der Waals surface area contributed by atoms with E-state index in [9.17, 15) is 18.4 Å². The Hall–Kier alpha value is -2.42. The van der Waals surface area contributed by atoms with Crippen molar-refractivity contribution in [2.75, 3.05) is 5.32 Å². The van der Waals surface area contributed by atoms with Crippen molar-refractivity contribution in [3.8, 4) is 0 Å². The van der Waals surface area contributed by atoms with Gasteiger partial charge >= 0.3 is 0 Å². The van der Waals surface area contributed by atoms with Crippen LogP contribution in [0.25, 0.3) is 0 Å². The van der Waals surface area contributed by atoms with Crippen LogP contribution >= 0.6 is 11.3 Å². The number of anilines is 1. The minimum Gasteiger partial charge on any atom is -0.340 e. The van der Waals surface area contributed by atoms with E-state index in [1.807, 2.05) is 6.92 Å². The quantitative estimate of drug-likeness (QED) is 0.821. The maximum Gasteiger partial charge on any atom is 0.257 e. The summed E-state index contributed by atoms with van der Waals surface area (Å²) in [5.74, 6) is -3.80. The van der Waals surface area contributed by atoms with E-state index in [1.54, 1.807) is 13.8 Å². The topological polar surface area (TPSA) is 84.0 Å². The number of carbonyl (C=O) groups excluding carboxylic acids is 2. The molecule has 0 fully saturated rings. The molecule has 0 saturated heterocycles. The van der Waals surface area contributed by atoms with E-state index in [1.165, 1.54) is 11.3 Å². The summed E-state index contributed by atoms with van der Waals surface area (Å²) in [6.45, 7) is 5.33. The summed E-state index contributed by atoms with van der Waals surface area (Å²) in [6, 6.07) is 2.14. The Bertz CT molecular complexity index is 759. The molecule has 0 spiro atoms. The lowest BCUT2D eigenvalue weighted by Crippen LogP contribution is -2.47. The van der Waals surface area contributed by atoms with E-state index in [0.717, 1.165) is 23.2 Å². The van der Waals surface area contributed by atoms with Gasteiger partial charge in [-0.15, -0.1) is 10.2 Å². The van der Waals surface area contributed by atoms with Crippen LogP contribution in [0.3, 0.4) is 0 Å². The molecule has 2 rings (SSSR count). The maximum absolute atomic E-state index is 13.7. The van der Waals surface area contributed by atoms with E-state index in [2.05, 4.69) is 20.8 Å². The highest BCUT2D eigenvalue weighted by Crippen LogP contribution is 2.17. The van der Waals surface area contributed by atoms with E-state index in [-0.39, 0.29) is 5.92 Å². The fourth-order valence-corrected chi connectivity index (χ4v) is 2.78. The molecule has 2 N–H and O–H groups in total. The van der Waals surface area contributed by atoms with Crippen LogP contribution in [0.1, 0.15) is 36.1 Å². The molecule has 25 heavy (non-hydrogen) atoms. The Morgan fingerprint density at radius 2 is 1.84 bits per heavy atom. The highest BCUT2D eigenvalue weighted by atomic mass is 32.1. The lowest BCUT2D eigenvalue weighted by molar-refractivity contribution is -0.118. The van der Waals surface area contributed by atoms with Crippen molar-refractivity contribution >= 4 is 28.3 Å². The molecule has 0 aliphatic heterocycles. The van der Waals surface area contributed by atoms with Crippen molar-refractivity contribution in [3.05, 3.63) is 40.4 Å². The molecule has 0 radical (unpaired) electrons. The molecule has 2 aromatic rings. The smallest absolute Gasteiger partial charge is 0.257 e. The summed E-state index contributed by atoms with van der Waals surface area (Å²) >= 11 is 1.22. The normalized spacial score (nSPS) is 12.1. The maximum atomic E-state index is 13.7. The Balaban J connectivity index is 2.14. The first-order chi connectivity index (χ1) is 11.8. The first kappa shape index (κ1) is 18.9. The summed E-state index contributed by atoms with van der Waals surface area (Å²) in [5, 5.41) is 13.7.